The molecule has 0 aliphatic heterocycles. The van der Waals surface area contributed by atoms with Crippen LogP contribution in [0, 0.1) is 0 Å². The molecule has 3 heterocycles. The Morgan fingerprint density at radius 3 is 2.76 bits per heavy atom. The lowest BCUT2D eigenvalue weighted by molar-refractivity contribution is -0.119. The van der Waals surface area contributed by atoms with E-state index in [-0.39, 0.29) is 17.2 Å². The minimum absolute atomic E-state index is 0.0196. The van der Waals surface area contributed by atoms with Gasteiger partial charge in [0.05, 0.1) is 11.1 Å². The third-order valence-electron chi connectivity index (χ3n) is 5.31. The molecule has 0 radical (unpaired) electrons. The van der Waals surface area contributed by atoms with Crippen LogP contribution < -0.4 is 10.9 Å². The summed E-state index contributed by atoms with van der Waals surface area (Å²) in [5.41, 5.74) is 0.941. The number of hydrogen-bond acceptors (Lipinski definition) is 6. The second-order valence-corrected chi connectivity index (χ2v) is 10.0. The molecule has 0 saturated heterocycles. The molecular weight excluding hydrogens is 422 g/mol. The number of thiophene rings is 2. The molecule has 1 amide bonds. The normalized spacial score (nSPS) is 15.5. The monoisotopic (exact) mass is 447 g/mol. The molecule has 1 aliphatic rings. The van der Waals surface area contributed by atoms with E-state index in [1.165, 1.54) is 48.8 Å². The van der Waals surface area contributed by atoms with E-state index in [0.717, 1.165) is 28.1 Å². The number of carbonyl (C=O) groups excluding carboxylic acids is 1. The number of thioether (sulfide) groups is 1. The van der Waals surface area contributed by atoms with Crippen molar-refractivity contribution < 1.29 is 4.79 Å². The van der Waals surface area contributed by atoms with Gasteiger partial charge in [-0.05, 0) is 31.2 Å². The third-order valence-corrected chi connectivity index (χ3v) is 8.07. The highest BCUT2D eigenvalue weighted by Crippen LogP contribution is 2.34. The van der Waals surface area contributed by atoms with Gasteiger partial charge in [0.15, 0.2) is 5.16 Å². The SMILES string of the molecule is CCn1c(SCC(=O)NC2CCCCCC2)nc2scc(-c3cccs3)c2c1=O. The fourth-order valence-corrected chi connectivity index (χ4v) is 6.51. The van der Waals surface area contributed by atoms with Crippen molar-refractivity contribution in [1.29, 1.82) is 0 Å². The number of fused-ring (bicyclic) bond motifs is 1. The van der Waals surface area contributed by atoms with Crippen LogP contribution in [0.5, 0.6) is 0 Å². The van der Waals surface area contributed by atoms with Gasteiger partial charge in [-0.1, -0.05) is 43.5 Å². The van der Waals surface area contributed by atoms with E-state index in [2.05, 4.69) is 5.32 Å². The molecule has 1 fully saturated rings. The molecule has 5 nitrogen and oxygen atoms in total. The summed E-state index contributed by atoms with van der Waals surface area (Å²) in [5.74, 6) is 0.321. The van der Waals surface area contributed by atoms with E-state index in [9.17, 15) is 9.59 Å². The van der Waals surface area contributed by atoms with Crippen molar-refractivity contribution in [1.82, 2.24) is 14.9 Å². The quantitative estimate of drug-likeness (QED) is 0.323. The van der Waals surface area contributed by atoms with E-state index >= 15 is 0 Å². The minimum Gasteiger partial charge on any atom is -0.353 e. The Morgan fingerprint density at radius 1 is 1.28 bits per heavy atom. The first kappa shape index (κ1) is 20.6. The van der Waals surface area contributed by atoms with Crippen LogP contribution in [-0.4, -0.2) is 27.3 Å². The van der Waals surface area contributed by atoms with Crippen molar-refractivity contribution in [2.45, 2.75) is 63.2 Å². The van der Waals surface area contributed by atoms with Crippen LogP contribution in [-0.2, 0) is 11.3 Å². The average molecular weight is 448 g/mol. The summed E-state index contributed by atoms with van der Waals surface area (Å²) in [6.45, 7) is 2.48. The van der Waals surface area contributed by atoms with Gasteiger partial charge in [-0.15, -0.1) is 22.7 Å². The summed E-state index contributed by atoms with van der Waals surface area (Å²) in [7, 11) is 0. The van der Waals surface area contributed by atoms with Crippen LogP contribution in [0.2, 0.25) is 0 Å². The Morgan fingerprint density at radius 2 is 2.07 bits per heavy atom. The zero-order valence-electron chi connectivity index (χ0n) is 16.5. The van der Waals surface area contributed by atoms with Crippen molar-refractivity contribution in [3.63, 3.8) is 0 Å². The predicted molar refractivity (Wildman–Crippen MR) is 123 cm³/mol. The molecule has 1 aliphatic carbocycles. The molecule has 0 unspecified atom stereocenters. The maximum atomic E-state index is 13.2. The fraction of sp³-hybridized carbons (Fsp3) is 0.476. The van der Waals surface area contributed by atoms with Crippen molar-refractivity contribution in [3.05, 3.63) is 33.2 Å². The predicted octanol–water partition coefficient (Wildman–Crippen LogP) is 5.14. The van der Waals surface area contributed by atoms with E-state index < -0.39 is 0 Å². The lowest BCUT2D eigenvalue weighted by Crippen LogP contribution is -2.35. The van der Waals surface area contributed by atoms with Crippen LogP contribution in [0.3, 0.4) is 0 Å². The molecule has 0 aromatic carbocycles. The summed E-state index contributed by atoms with van der Waals surface area (Å²) in [5, 5.41) is 8.51. The number of carbonyl (C=O) groups is 1. The van der Waals surface area contributed by atoms with Crippen LogP contribution in [0.1, 0.15) is 45.4 Å². The fourth-order valence-electron chi connectivity index (χ4n) is 3.83. The van der Waals surface area contributed by atoms with Gasteiger partial charge in [0, 0.05) is 28.4 Å². The van der Waals surface area contributed by atoms with Gasteiger partial charge in [0.25, 0.3) is 5.56 Å². The summed E-state index contributed by atoms with van der Waals surface area (Å²) >= 11 is 4.48. The molecule has 29 heavy (non-hydrogen) atoms. The lowest BCUT2D eigenvalue weighted by atomic mass is 10.1. The van der Waals surface area contributed by atoms with E-state index in [0.29, 0.717) is 23.1 Å². The molecule has 4 rings (SSSR count). The molecule has 1 N–H and O–H groups in total. The number of rotatable bonds is 6. The number of amides is 1. The largest absolute Gasteiger partial charge is 0.353 e. The van der Waals surface area contributed by atoms with E-state index in [1.807, 2.05) is 29.8 Å². The molecule has 3 aromatic heterocycles. The standard InChI is InChI=1S/C21H25N3O2S3/c1-2-24-20(26)18-15(16-10-7-11-27-16)12-28-19(18)23-21(24)29-13-17(25)22-14-8-5-3-4-6-9-14/h7,10-12,14H,2-6,8-9,13H2,1H3,(H,22,25). The first-order valence-electron chi connectivity index (χ1n) is 10.2. The Kier molecular flexibility index (Phi) is 6.72. The van der Waals surface area contributed by atoms with Crippen molar-refractivity contribution in [3.8, 4) is 10.4 Å². The van der Waals surface area contributed by atoms with Crippen LogP contribution in [0.4, 0.5) is 0 Å². The summed E-state index contributed by atoms with van der Waals surface area (Å²) in [6, 6.07) is 4.31. The highest BCUT2D eigenvalue weighted by atomic mass is 32.2. The highest BCUT2D eigenvalue weighted by Gasteiger charge is 2.19. The smallest absolute Gasteiger partial charge is 0.263 e. The Balaban J connectivity index is 1.53. The van der Waals surface area contributed by atoms with Crippen molar-refractivity contribution in [2.24, 2.45) is 0 Å². The van der Waals surface area contributed by atoms with Crippen molar-refractivity contribution in [2.75, 3.05) is 5.75 Å². The molecule has 1 saturated carbocycles. The van der Waals surface area contributed by atoms with Crippen LogP contribution in [0.15, 0.2) is 32.8 Å². The first-order valence-corrected chi connectivity index (χ1v) is 12.9. The summed E-state index contributed by atoms with van der Waals surface area (Å²) in [4.78, 5) is 32.2. The van der Waals surface area contributed by atoms with Gasteiger partial charge < -0.3 is 5.32 Å². The molecule has 0 bridgehead atoms. The van der Waals surface area contributed by atoms with E-state index in [4.69, 9.17) is 4.98 Å². The minimum atomic E-state index is -0.0196. The number of nitrogens with one attached hydrogen (secondary N) is 1. The second-order valence-electron chi connectivity index (χ2n) is 7.30. The van der Waals surface area contributed by atoms with Gasteiger partial charge in [0.2, 0.25) is 5.91 Å². The third kappa shape index (κ3) is 4.59. The van der Waals surface area contributed by atoms with Gasteiger partial charge in [-0.25, -0.2) is 4.98 Å². The Hall–Kier alpha value is -1.64. The Bertz CT molecular complexity index is 1030. The number of hydrogen-bond donors (Lipinski definition) is 1. The summed E-state index contributed by atoms with van der Waals surface area (Å²) < 4.78 is 1.69. The molecule has 154 valence electrons. The molecule has 0 atom stereocenters. The van der Waals surface area contributed by atoms with Crippen LogP contribution in [0.25, 0.3) is 20.7 Å². The zero-order chi connectivity index (χ0) is 20.2. The number of aromatic nitrogens is 2. The molecule has 8 heteroatoms. The van der Waals surface area contributed by atoms with Crippen molar-refractivity contribution >= 4 is 50.6 Å². The van der Waals surface area contributed by atoms with Gasteiger partial charge in [-0.2, -0.15) is 0 Å². The highest BCUT2D eigenvalue weighted by molar-refractivity contribution is 7.99. The van der Waals surface area contributed by atoms with Gasteiger partial charge in [0.1, 0.15) is 4.83 Å². The summed E-state index contributed by atoms with van der Waals surface area (Å²) in [6.07, 6.45) is 7.06. The lowest BCUT2D eigenvalue weighted by Gasteiger charge is -2.16. The van der Waals surface area contributed by atoms with Gasteiger partial charge in [-0.3, -0.25) is 14.2 Å². The molecular formula is C21H25N3O2S3. The maximum absolute atomic E-state index is 13.2. The molecule has 3 aromatic rings. The number of nitrogens with zero attached hydrogens (tertiary/aromatic N) is 2. The van der Waals surface area contributed by atoms with E-state index in [1.54, 1.807) is 15.9 Å². The topological polar surface area (TPSA) is 64.0 Å². The Labute approximate surface area is 182 Å². The first-order chi connectivity index (χ1) is 14.2. The molecule has 0 spiro atoms. The maximum Gasteiger partial charge on any atom is 0.263 e. The zero-order valence-corrected chi connectivity index (χ0v) is 18.9. The van der Waals surface area contributed by atoms with Gasteiger partial charge >= 0.3 is 0 Å². The van der Waals surface area contributed by atoms with Crippen LogP contribution >= 0.6 is 34.4 Å². The second kappa shape index (κ2) is 9.45. The average Bonchev–Trinajstić information content (AvgIpc) is 3.32.